The van der Waals surface area contributed by atoms with Gasteiger partial charge in [0.15, 0.2) is 0 Å². The van der Waals surface area contributed by atoms with Crippen LogP contribution >= 0.6 is 0 Å². The first-order chi connectivity index (χ1) is 9.02. The summed E-state index contributed by atoms with van der Waals surface area (Å²) in [6.45, 7) is 1.71. The molecule has 2 rings (SSSR count). The predicted molar refractivity (Wildman–Crippen MR) is 64.0 cm³/mol. The highest BCUT2D eigenvalue weighted by Gasteiger charge is 2.33. The molecule has 1 fully saturated rings. The summed E-state index contributed by atoms with van der Waals surface area (Å²) in [5, 5.41) is 2.81. The summed E-state index contributed by atoms with van der Waals surface area (Å²) in [5.74, 6) is -2.22. The minimum Gasteiger partial charge on any atom is -0.297 e. The van der Waals surface area contributed by atoms with Gasteiger partial charge in [-0.25, -0.2) is 8.78 Å². The van der Waals surface area contributed by atoms with Crippen LogP contribution < -0.4 is 5.32 Å². The molecular weight excluding hydrogens is 254 g/mol. The Hall–Kier alpha value is -1.82. The average molecular weight is 268 g/mol. The van der Waals surface area contributed by atoms with Crippen LogP contribution in [0.2, 0.25) is 0 Å². The van der Waals surface area contributed by atoms with E-state index in [0.717, 1.165) is 17.0 Å². The molecule has 1 atom stereocenters. The number of rotatable bonds is 3. The standard InChI is InChI=1S/C13H14F2N2O2/c1-2-11-13(19)17(12(18)6-16-11)7-8-3-4-9(14)5-10(8)15/h3-5,11,16H,2,6-7H2,1H3. The molecule has 2 amide bonds. The van der Waals surface area contributed by atoms with E-state index >= 15 is 0 Å². The second-order valence-corrected chi connectivity index (χ2v) is 4.40. The monoisotopic (exact) mass is 268 g/mol. The Morgan fingerprint density at radius 2 is 2.11 bits per heavy atom. The lowest BCUT2D eigenvalue weighted by molar-refractivity contribution is -0.150. The Morgan fingerprint density at radius 3 is 2.74 bits per heavy atom. The van der Waals surface area contributed by atoms with Crippen molar-refractivity contribution in [1.29, 1.82) is 0 Å². The van der Waals surface area contributed by atoms with Gasteiger partial charge in [0.05, 0.1) is 19.1 Å². The molecule has 1 saturated heterocycles. The third-order valence-electron chi connectivity index (χ3n) is 3.12. The van der Waals surface area contributed by atoms with E-state index in [9.17, 15) is 18.4 Å². The van der Waals surface area contributed by atoms with Gasteiger partial charge in [-0.05, 0) is 12.5 Å². The highest BCUT2D eigenvalue weighted by atomic mass is 19.1. The first kappa shape index (κ1) is 13.6. The van der Waals surface area contributed by atoms with Crippen molar-refractivity contribution in [1.82, 2.24) is 10.2 Å². The molecule has 0 saturated carbocycles. The smallest absolute Gasteiger partial charge is 0.246 e. The third-order valence-corrected chi connectivity index (χ3v) is 3.12. The van der Waals surface area contributed by atoms with Crippen LogP contribution in [0.5, 0.6) is 0 Å². The summed E-state index contributed by atoms with van der Waals surface area (Å²) in [5.41, 5.74) is 0.125. The van der Waals surface area contributed by atoms with E-state index < -0.39 is 23.6 Å². The van der Waals surface area contributed by atoms with Crippen LogP contribution in [-0.2, 0) is 16.1 Å². The first-order valence-electron chi connectivity index (χ1n) is 6.04. The molecule has 1 aromatic carbocycles. The number of benzene rings is 1. The Kier molecular flexibility index (Phi) is 3.90. The third kappa shape index (κ3) is 2.78. The fourth-order valence-electron chi connectivity index (χ4n) is 2.01. The summed E-state index contributed by atoms with van der Waals surface area (Å²) in [7, 11) is 0. The summed E-state index contributed by atoms with van der Waals surface area (Å²) in [6, 6.07) is 2.66. The molecule has 0 aliphatic carbocycles. The van der Waals surface area contributed by atoms with Crippen LogP contribution in [0.25, 0.3) is 0 Å². The van der Waals surface area contributed by atoms with Crippen molar-refractivity contribution in [2.75, 3.05) is 6.54 Å². The Balaban J connectivity index is 2.20. The number of amides is 2. The fourth-order valence-corrected chi connectivity index (χ4v) is 2.01. The number of hydrogen-bond donors (Lipinski definition) is 1. The SMILES string of the molecule is CCC1NCC(=O)N(Cc2ccc(F)cc2F)C1=O. The average Bonchev–Trinajstić information content (AvgIpc) is 2.37. The normalized spacial score (nSPS) is 19.9. The van der Waals surface area contributed by atoms with E-state index in [1.165, 1.54) is 6.07 Å². The Morgan fingerprint density at radius 1 is 1.37 bits per heavy atom. The summed E-state index contributed by atoms with van der Waals surface area (Å²) in [6.07, 6.45) is 0.550. The number of halogens is 2. The second kappa shape index (κ2) is 5.44. The van der Waals surface area contributed by atoms with E-state index in [1.54, 1.807) is 0 Å². The van der Waals surface area contributed by atoms with Crippen molar-refractivity contribution in [2.24, 2.45) is 0 Å². The molecule has 0 radical (unpaired) electrons. The van der Waals surface area contributed by atoms with Gasteiger partial charge in [-0.3, -0.25) is 19.8 Å². The number of carbonyl (C=O) groups is 2. The van der Waals surface area contributed by atoms with E-state index in [2.05, 4.69) is 5.32 Å². The number of nitrogens with zero attached hydrogens (tertiary/aromatic N) is 1. The molecule has 0 spiro atoms. The van der Waals surface area contributed by atoms with E-state index in [4.69, 9.17) is 0 Å². The Bertz CT molecular complexity index is 519. The molecule has 19 heavy (non-hydrogen) atoms. The lowest BCUT2D eigenvalue weighted by Crippen LogP contribution is -2.57. The van der Waals surface area contributed by atoms with E-state index in [1.807, 2.05) is 6.92 Å². The zero-order valence-electron chi connectivity index (χ0n) is 10.5. The van der Waals surface area contributed by atoms with Crippen LogP contribution in [0.1, 0.15) is 18.9 Å². The van der Waals surface area contributed by atoms with Crippen molar-refractivity contribution in [3.63, 3.8) is 0 Å². The molecule has 4 nitrogen and oxygen atoms in total. The van der Waals surface area contributed by atoms with E-state index in [0.29, 0.717) is 6.42 Å². The largest absolute Gasteiger partial charge is 0.297 e. The maximum atomic E-state index is 13.5. The maximum absolute atomic E-state index is 13.5. The number of piperazine rings is 1. The van der Waals surface area contributed by atoms with Crippen molar-refractivity contribution < 1.29 is 18.4 Å². The molecule has 6 heteroatoms. The van der Waals surface area contributed by atoms with E-state index in [-0.39, 0.29) is 24.6 Å². The van der Waals surface area contributed by atoms with Gasteiger partial charge in [0, 0.05) is 11.6 Å². The zero-order valence-corrected chi connectivity index (χ0v) is 10.5. The van der Waals surface area contributed by atoms with Crippen LogP contribution in [0.3, 0.4) is 0 Å². The summed E-state index contributed by atoms with van der Waals surface area (Å²) >= 11 is 0. The minimum atomic E-state index is -0.757. The summed E-state index contributed by atoms with van der Waals surface area (Å²) < 4.78 is 26.3. The molecule has 102 valence electrons. The van der Waals surface area contributed by atoms with Gasteiger partial charge < -0.3 is 0 Å². The highest BCUT2D eigenvalue weighted by molar-refractivity contribution is 6.01. The first-order valence-corrected chi connectivity index (χ1v) is 6.04. The van der Waals surface area contributed by atoms with Crippen LogP contribution in [-0.4, -0.2) is 29.3 Å². The molecule has 1 heterocycles. The van der Waals surface area contributed by atoms with Gasteiger partial charge in [0.2, 0.25) is 11.8 Å². The molecule has 1 aromatic rings. The number of imide groups is 1. The van der Waals surface area contributed by atoms with Gasteiger partial charge in [-0.1, -0.05) is 13.0 Å². The highest BCUT2D eigenvalue weighted by Crippen LogP contribution is 2.15. The number of nitrogens with one attached hydrogen (secondary N) is 1. The van der Waals surface area contributed by atoms with Crippen LogP contribution in [0.4, 0.5) is 8.78 Å². The molecule has 1 unspecified atom stereocenters. The number of carbonyl (C=O) groups excluding carboxylic acids is 2. The van der Waals surface area contributed by atoms with Crippen molar-refractivity contribution >= 4 is 11.8 Å². The van der Waals surface area contributed by atoms with Crippen LogP contribution in [0.15, 0.2) is 18.2 Å². The minimum absolute atomic E-state index is 0.0487. The molecule has 0 aromatic heterocycles. The molecule has 1 aliphatic heterocycles. The lowest BCUT2D eigenvalue weighted by atomic mass is 10.1. The zero-order chi connectivity index (χ0) is 14.0. The van der Waals surface area contributed by atoms with Gasteiger partial charge in [0.1, 0.15) is 11.6 Å². The van der Waals surface area contributed by atoms with Gasteiger partial charge >= 0.3 is 0 Å². The molecule has 0 bridgehead atoms. The van der Waals surface area contributed by atoms with Crippen molar-refractivity contribution in [2.45, 2.75) is 25.9 Å². The Labute approximate surface area is 109 Å². The summed E-state index contributed by atoms with van der Waals surface area (Å²) in [4.78, 5) is 24.7. The van der Waals surface area contributed by atoms with Crippen LogP contribution in [0, 0.1) is 11.6 Å². The molecular formula is C13H14F2N2O2. The fraction of sp³-hybridized carbons (Fsp3) is 0.385. The lowest BCUT2D eigenvalue weighted by Gasteiger charge is -2.31. The van der Waals surface area contributed by atoms with Crippen molar-refractivity contribution in [3.05, 3.63) is 35.4 Å². The molecule has 1 aliphatic rings. The van der Waals surface area contributed by atoms with Gasteiger partial charge in [0.25, 0.3) is 0 Å². The molecule has 1 N–H and O–H groups in total. The van der Waals surface area contributed by atoms with Gasteiger partial charge in [-0.2, -0.15) is 0 Å². The van der Waals surface area contributed by atoms with Crippen molar-refractivity contribution in [3.8, 4) is 0 Å². The quantitative estimate of drug-likeness (QED) is 0.838. The maximum Gasteiger partial charge on any atom is 0.246 e. The number of hydrogen-bond acceptors (Lipinski definition) is 3. The van der Waals surface area contributed by atoms with Gasteiger partial charge in [-0.15, -0.1) is 0 Å². The topological polar surface area (TPSA) is 49.4 Å². The second-order valence-electron chi connectivity index (χ2n) is 4.40. The predicted octanol–water partition coefficient (Wildman–Crippen LogP) is 1.20.